The lowest BCUT2D eigenvalue weighted by molar-refractivity contribution is 0.0619. The van der Waals surface area contributed by atoms with E-state index in [1.807, 2.05) is 13.8 Å². The Balaban J connectivity index is 1.33. The third-order valence-corrected chi connectivity index (χ3v) is 5.69. The molecule has 3 amide bonds. The molecular weight excluding hydrogens is 420 g/mol. The molecule has 0 bridgehead atoms. The summed E-state index contributed by atoms with van der Waals surface area (Å²) in [4.78, 5) is 51.6. The Labute approximate surface area is 190 Å². The highest BCUT2D eigenvalue weighted by Gasteiger charge is 2.36. The summed E-state index contributed by atoms with van der Waals surface area (Å²) in [6.45, 7) is 3.71. The number of fused-ring (bicyclic) bond motifs is 2. The second-order valence-electron chi connectivity index (χ2n) is 8.66. The number of carbonyl (C=O) groups excluding carboxylic acids is 4. The lowest BCUT2D eigenvalue weighted by Gasteiger charge is -2.31. The normalized spacial score (nSPS) is 16.2. The highest BCUT2D eigenvalue weighted by molar-refractivity contribution is 6.34. The number of amides is 3. The van der Waals surface area contributed by atoms with Gasteiger partial charge in [-0.25, -0.2) is 4.90 Å². The van der Waals surface area contributed by atoms with E-state index in [-0.39, 0.29) is 18.1 Å². The molecule has 1 N–H and O–H groups in total. The number of benzene rings is 3. The molecule has 0 saturated heterocycles. The van der Waals surface area contributed by atoms with Crippen molar-refractivity contribution in [2.24, 2.45) is 0 Å². The Bertz CT molecular complexity index is 1310. The number of ketones is 1. The van der Waals surface area contributed by atoms with E-state index in [1.54, 1.807) is 66.7 Å². The third-order valence-electron chi connectivity index (χ3n) is 5.69. The molecule has 0 atom stereocenters. The van der Waals surface area contributed by atoms with Crippen LogP contribution in [0, 0.1) is 0 Å². The summed E-state index contributed by atoms with van der Waals surface area (Å²) in [6.07, 6.45) is 0.261. The van der Waals surface area contributed by atoms with Crippen LogP contribution in [0.1, 0.15) is 61.7 Å². The van der Waals surface area contributed by atoms with Crippen LogP contribution in [0.3, 0.4) is 0 Å². The van der Waals surface area contributed by atoms with Gasteiger partial charge in [0.1, 0.15) is 11.4 Å². The topological polar surface area (TPSA) is 92.8 Å². The van der Waals surface area contributed by atoms with Crippen molar-refractivity contribution in [2.75, 3.05) is 10.2 Å². The second-order valence-corrected chi connectivity index (χ2v) is 8.66. The van der Waals surface area contributed by atoms with Crippen molar-refractivity contribution in [3.63, 3.8) is 0 Å². The van der Waals surface area contributed by atoms with Crippen LogP contribution in [0.15, 0.2) is 66.7 Å². The van der Waals surface area contributed by atoms with E-state index in [0.717, 1.165) is 4.90 Å². The number of Topliss-reactive ketones (excluding diaryl/α,β-unsaturated/α-hetero) is 1. The first-order valence-corrected chi connectivity index (χ1v) is 10.5. The zero-order valence-electron chi connectivity index (χ0n) is 18.0. The number of rotatable bonds is 3. The minimum Gasteiger partial charge on any atom is -0.487 e. The van der Waals surface area contributed by atoms with Gasteiger partial charge >= 0.3 is 0 Å². The standard InChI is InChI=1S/C26H20N2O5/c1-26(2)14-21(29)20-13-16(9-12-22(20)33-26)27-23(30)15-7-10-17(11-8-15)28-24(31)18-5-3-4-6-19(18)25(28)32/h3-13H,14H2,1-2H3,(H,27,30). The molecule has 0 spiro atoms. The summed E-state index contributed by atoms with van der Waals surface area (Å²) in [5.41, 5.74) is 1.80. The summed E-state index contributed by atoms with van der Waals surface area (Å²) >= 11 is 0. The van der Waals surface area contributed by atoms with Gasteiger partial charge in [0.2, 0.25) is 0 Å². The number of nitrogens with one attached hydrogen (secondary N) is 1. The van der Waals surface area contributed by atoms with Crippen LogP contribution >= 0.6 is 0 Å². The van der Waals surface area contributed by atoms with E-state index in [0.29, 0.717) is 39.4 Å². The van der Waals surface area contributed by atoms with Crippen LogP contribution in [0.25, 0.3) is 0 Å². The summed E-state index contributed by atoms with van der Waals surface area (Å²) in [6, 6.07) is 17.8. The molecule has 0 unspecified atom stereocenters. The Kier molecular flexibility index (Phi) is 4.63. The molecule has 0 radical (unpaired) electrons. The Morgan fingerprint density at radius 3 is 2.15 bits per heavy atom. The van der Waals surface area contributed by atoms with Gasteiger partial charge in [-0.1, -0.05) is 12.1 Å². The van der Waals surface area contributed by atoms with Gasteiger partial charge in [0, 0.05) is 11.3 Å². The largest absolute Gasteiger partial charge is 0.487 e. The van der Waals surface area contributed by atoms with Crippen molar-refractivity contribution < 1.29 is 23.9 Å². The fraction of sp³-hybridized carbons (Fsp3) is 0.154. The van der Waals surface area contributed by atoms with Gasteiger partial charge in [-0.3, -0.25) is 19.2 Å². The lowest BCUT2D eigenvalue weighted by Crippen LogP contribution is -2.35. The number of anilines is 2. The summed E-state index contributed by atoms with van der Waals surface area (Å²) in [5, 5.41) is 2.78. The van der Waals surface area contributed by atoms with Gasteiger partial charge in [-0.15, -0.1) is 0 Å². The maximum absolute atomic E-state index is 12.7. The molecule has 2 aliphatic heterocycles. The van der Waals surface area contributed by atoms with Gasteiger partial charge in [0.05, 0.1) is 28.8 Å². The highest BCUT2D eigenvalue weighted by atomic mass is 16.5. The molecule has 0 aliphatic carbocycles. The summed E-state index contributed by atoms with van der Waals surface area (Å²) in [7, 11) is 0. The Hall–Kier alpha value is -4.26. The number of carbonyl (C=O) groups is 4. The second kappa shape index (κ2) is 7.41. The molecule has 7 heteroatoms. The molecule has 7 nitrogen and oxygen atoms in total. The maximum atomic E-state index is 12.7. The third kappa shape index (κ3) is 3.57. The number of hydrogen-bond acceptors (Lipinski definition) is 5. The first-order valence-electron chi connectivity index (χ1n) is 10.5. The molecule has 3 aromatic carbocycles. The van der Waals surface area contributed by atoms with Crippen molar-refractivity contribution in [2.45, 2.75) is 25.9 Å². The Morgan fingerprint density at radius 1 is 0.879 bits per heavy atom. The van der Waals surface area contributed by atoms with E-state index >= 15 is 0 Å². The van der Waals surface area contributed by atoms with E-state index in [1.165, 1.54) is 0 Å². The SMILES string of the molecule is CC1(C)CC(=O)c2cc(NC(=O)c3ccc(N4C(=O)c5ccccc5C4=O)cc3)ccc2O1. The quantitative estimate of drug-likeness (QED) is 0.606. The number of imide groups is 1. The number of hydrogen-bond donors (Lipinski definition) is 1. The maximum Gasteiger partial charge on any atom is 0.266 e. The van der Waals surface area contributed by atoms with Crippen LogP contribution < -0.4 is 15.0 Å². The van der Waals surface area contributed by atoms with Crippen molar-refractivity contribution in [1.29, 1.82) is 0 Å². The first-order chi connectivity index (χ1) is 15.7. The minimum atomic E-state index is -0.559. The molecule has 33 heavy (non-hydrogen) atoms. The minimum absolute atomic E-state index is 0.0392. The number of nitrogens with zero attached hydrogens (tertiary/aromatic N) is 1. The number of ether oxygens (including phenoxy) is 1. The van der Waals surface area contributed by atoms with Crippen molar-refractivity contribution >= 4 is 34.9 Å². The predicted molar refractivity (Wildman–Crippen MR) is 122 cm³/mol. The molecule has 164 valence electrons. The highest BCUT2D eigenvalue weighted by Crippen LogP contribution is 2.35. The first kappa shape index (κ1) is 20.6. The van der Waals surface area contributed by atoms with Gasteiger partial charge in [-0.2, -0.15) is 0 Å². The van der Waals surface area contributed by atoms with Crippen LogP contribution in [0.5, 0.6) is 5.75 Å². The average molecular weight is 440 g/mol. The van der Waals surface area contributed by atoms with Crippen LogP contribution in [-0.2, 0) is 0 Å². The van der Waals surface area contributed by atoms with Gasteiger partial charge in [0.25, 0.3) is 17.7 Å². The van der Waals surface area contributed by atoms with E-state index < -0.39 is 17.4 Å². The van der Waals surface area contributed by atoms with Crippen LogP contribution in [0.4, 0.5) is 11.4 Å². The molecule has 2 aliphatic rings. The van der Waals surface area contributed by atoms with E-state index in [4.69, 9.17) is 4.74 Å². The summed E-state index contributed by atoms with van der Waals surface area (Å²) < 4.78 is 5.84. The summed E-state index contributed by atoms with van der Waals surface area (Å²) in [5.74, 6) is -0.704. The van der Waals surface area contributed by atoms with Crippen LogP contribution in [-0.4, -0.2) is 29.1 Å². The zero-order valence-corrected chi connectivity index (χ0v) is 18.0. The smallest absolute Gasteiger partial charge is 0.266 e. The van der Waals surface area contributed by atoms with E-state index in [2.05, 4.69) is 5.32 Å². The van der Waals surface area contributed by atoms with Crippen molar-refractivity contribution in [3.05, 3.63) is 89.0 Å². The monoisotopic (exact) mass is 440 g/mol. The predicted octanol–water partition coefficient (Wildman–Crippen LogP) is 4.48. The molecular formula is C26H20N2O5. The van der Waals surface area contributed by atoms with Crippen molar-refractivity contribution in [3.8, 4) is 5.75 Å². The fourth-order valence-corrected chi connectivity index (χ4v) is 4.12. The molecule has 2 heterocycles. The molecule has 5 rings (SSSR count). The van der Waals surface area contributed by atoms with Gasteiger partial charge in [0.15, 0.2) is 5.78 Å². The lowest BCUT2D eigenvalue weighted by atomic mass is 9.93. The van der Waals surface area contributed by atoms with Crippen LogP contribution in [0.2, 0.25) is 0 Å². The fourth-order valence-electron chi connectivity index (χ4n) is 4.12. The van der Waals surface area contributed by atoms with Gasteiger partial charge in [-0.05, 0) is 68.4 Å². The molecule has 0 fully saturated rings. The van der Waals surface area contributed by atoms with E-state index in [9.17, 15) is 19.2 Å². The van der Waals surface area contributed by atoms with Crippen molar-refractivity contribution in [1.82, 2.24) is 0 Å². The molecule has 3 aromatic rings. The molecule has 0 saturated carbocycles. The zero-order chi connectivity index (χ0) is 23.3. The Morgan fingerprint density at radius 2 is 1.52 bits per heavy atom. The van der Waals surface area contributed by atoms with Gasteiger partial charge < -0.3 is 10.1 Å². The molecule has 0 aromatic heterocycles. The average Bonchev–Trinajstić information content (AvgIpc) is 3.04.